The van der Waals surface area contributed by atoms with Gasteiger partial charge >= 0.3 is 0 Å². The van der Waals surface area contributed by atoms with Crippen LogP contribution in [0, 0.1) is 0 Å². The van der Waals surface area contributed by atoms with Gasteiger partial charge in [-0.15, -0.1) is 0 Å². The number of carbonyl (C=O) groups is 2. The minimum absolute atomic E-state index is 0.0990. The molecule has 2 rings (SSSR count). The molecule has 2 amide bonds. The van der Waals surface area contributed by atoms with Crippen molar-refractivity contribution in [2.75, 3.05) is 6.54 Å². The van der Waals surface area contributed by atoms with Crippen molar-refractivity contribution in [2.45, 2.75) is 13.0 Å². The van der Waals surface area contributed by atoms with Gasteiger partial charge in [0.2, 0.25) is 0 Å². The molecular formula is C17H19N3O3. The summed E-state index contributed by atoms with van der Waals surface area (Å²) in [5.74, 6) is -0.847. The monoisotopic (exact) mass is 313 g/mol. The Balaban J connectivity index is 2.16. The number of aliphatic hydroxyl groups excluding tert-OH is 1. The van der Waals surface area contributed by atoms with Crippen LogP contribution in [0.3, 0.4) is 0 Å². The quantitative estimate of drug-likeness (QED) is 0.605. The first-order chi connectivity index (χ1) is 11.1. The summed E-state index contributed by atoms with van der Waals surface area (Å²) in [6.07, 6.45) is 2.59. The van der Waals surface area contributed by atoms with E-state index in [-0.39, 0.29) is 18.1 Å². The maximum atomic E-state index is 12.2. The molecule has 4 N–H and O–H groups in total. The molecule has 0 bridgehead atoms. The zero-order valence-electron chi connectivity index (χ0n) is 12.7. The molecule has 1 aromatic carbocycles. The molecule has 0 fully saturated rings. The molecule has 0 radical (unpaired) electrons. The molecule has 0 aliphatic heterocycles. The summed E-state index contributed by atoms with van der Waals surface area (Å²) in [4.78, 5) is 27.4. The van der Waals surface area contributed by atoms with Gasteiger partial charge in [-0.05, 0) is 37.3 Å². The average molecular weight is 313 g/mol. The van der Waals surface area contributed by atoms with Crippen molar-refractivity contribution in [3.63, 3.8) is 0 Å². The van der Waals surface area contributed by atoms with Gasteiger partial charge in [-0.25, -0.2) is 0 Å². The molecule has 1 atom stereocenters. The van der Waals surface area contributed by atoms with E-state index in [1.165, 1.54) is 6.08 Å². The largest absolute Gasteiger partial charge is 0.392 e. The second-order valence-corrected chi connectivity index (χ2v) is 5.06. The minimum Gasteiger partial charge on any atom is -0.392 e. The molecule has 6 heteroatoms. The van der Waals surface area contributed by atoms with Crippen molar-refractivity contribution in [3.8, 4) is 0 Å². The Morgan fingerprint density at radius 3 is 2.57 bits per heavy atom. The SMILES string of the molecule is C[C@@H](O)CNC(=O)/C(=C/c1ccc[nH]1)NC(=O)c1ccccc1. The number of aromatic amines is 1. The molecule has 0 saturated carbocycles. The van der Waals surface area contributed by atoms with E-state index in [1.807, 2.05) is 6.07 Å². The number of benzene rings is 1. The third kappa shape index (κ3) is 5.12. The number of aliphatic hydroxyl groups is 1. The van der Waals surface area contributed by atoms with Gasteiger partial charge in [0.25, 0.3) is 11.8 Å². The second-order valence-electron chi connectivity index (χ2n) is 5.06. The number of amides is 2. The molecule has 1 aromatic heterocycles. The molecule has 1 heterocycles. The van der Waals surface area contributed by atoms with Crippen molar-refractivity contribution < 1.29 is 14.7 Å². The van der Waals surface area contributed by atoms with Gasteiger partial charge in [-0.3, -0.25) is 9.59 Å². The fourth-order valence-electron chi connectivity index (χ4n) is 1.87. The number of rotatable bonds is 6. The van der Waals surface area contributed by atoms with Crippen LogP contribution in [-0.2, 0) is 4.79 Å². The van der Waals surface area contributed by atoms with Gasteiger partial charge in [0, 0.05) is 24.0 Å². The molecule has 0 saturated heterocycles. The third-order valence-electron chi connectivity index (χ3n) is 3.01. The molecule has 0 unspecified atom stereocenters. The molecular weight excluding hydrogens is 294 g/mol. The standard InChI is InChI=1S/C17H19N3O3/c1-12(21)11-19-17(23)15(10-14-8-5-9-18-14)20-16(22)13-6-3-2-4-7-13/h2-10,12,18,21H,11H2,1H3,(H,19,23)(H,20,22)/b15-10-/t12-/m1/s1. The molecule has 2 aromatic rings. The molecule has 120 valence electrons. The summed E-state index contributed by atoms with van der Waals surface area (Å²) >= 11 is 0. The predicted octanol–water partition coefficient (Wildman–Crippen LogP) is 1.28. The summed E-state index contributed by atoms with van der Waals surface area (Å²) in [6.45, 7) is 1.67. The highest BCUT2D eigenvalue weighted by Crippen LogP contribution is 2.05. The zero-order chi connectivity index (χ0) is 16.7. The van der Waals surface area contributed by atoms with Crippen molar-refractivity contribution >= 4 is 17.9 Å². The lowest BCUT2D eigenvalue weighted by Gasteiger charge is -2.12. The van der Waals surface area contributed by atoms with Gasteiger partial charge in [-0.2, -0.15) is 0 Å². The summed E-state index contributed by atoms with van der Waals surface area (Å²) in [6, 6.07) is 12.2. The van der Waals surface area contributed by atoms with E-state index >= 15 is 0 Å². The lowest BCUT2D eigenvalue weighted by molar-refractivity contribution is -0.118. The molecule has 0 aliphatic carbocycles. The van der Waals surface area contributed by atoms with Crippen LogP contribution in [0.1, 0.15) is 23.0 Å². The van der Waals surface area contributed by atoms with Crippen molar-refractivity contribution in [1.29, 1.82) is 0 Å². The van der Waals surface area contributed by atoms with Crippen LogP contribution < -0.4 is 10.6 Å². The summed E-state index contributed by atoms with van der Waals surface area (Å²) in [7, 11) is 0. The summed E-state index contributed by atoms with van der Waals surface area (Å²) in [5.41, 5.74) is 1.23. The van der Waals surface area contributed by atoms with E-state index in [9.17, 15) is 14.7 Å². The fourth-order valence-corrected chi connectivity index (χ4v) is 1.87. The number of aromatic nitrogens is 1. The maximum absolute atomic E-state index is 12.2. The van der Waals surface area contributed by atoms with Crippen LogP contribution in [0.5, 0.6) is 0 Å². The van der Waals surface area contributed by atoms with Crippen LogP contribution >= 0.6 is 0 Å². The molecule has 0 spiro atoms. The smallest absolute Gasteiger partial charge is 0.267 e. The lowest BCUT2D eigenvalue weighted by atomic mass is 10.2. The Morgan fingerprint density at radius 2 is 1.96 bits per heavy atom. The summed E-state index contributed by atoms with van der Waals surface area (Å²) < 4.78 is 0. The topological polar surface area (TPSA) is 94.2 Å². The lowest BCUT2D eigenvalue weighted by Crippen LogP contribution is -2.37. The van der Waals surface area contributed by atoms with Crippen molar-refractivity contribution in [1.82, 2.24) is 15.6 Å². The van der Waals surface area contributed by atoms with E-state index in [1.54, 1.807) is 49.5 Å². The van der Waals surface area contributed by atoms with E-state index in [0.717, 1.165) is 0 Å². The first-order valence-corrected chi connectivity index (χ1v) is 7.24. The Hall–Kier alpha value is -2.86. The van der Waals surface area contributed by atoms with Gasteiger partial charge in [0.1, 0.15) is 5.70 Å². The van der Waals surface area contributed by atoms with Gasteiger partial charge in [0.15, 0.2) is 0 Å². The van der Waals surface area contributed by atoms with E-state index in [0.29, 0.717) is 11.3 Å². The van der Waals surface area contributed by atoms with Crippen LogP contribution in [0.25, 0.3) is 6.08 Å². The van der Waals surface area contributed by atoms with E-state index in [4.69, 9.17) is 0 Å². The average Bonchev–Trinajstić information content (AvgIpc) is 3.05. The Labute approximate surface area is 134 Å². The van der Waals surface area contributed by atoms with Crippen LogP contribution in [0.2, 0.25) is 0 Å². The van der Waals surface area contributed by atoms with Crippen molar-refractivity contribution in [3.05, 3.63) is 65.6 Å². The number of hydrogen-bond acceptors (Lipinski definition) is 3. The number of nitrogens with one attached hydrogen (secondary N) is 3. The molecule has 6 nitrogen and oxygen atoms in total. The van der Waals surface area contributed by atoms with Crippen LogP contribution in [0.15, 0.2) is 54.4 Å². The Bertz CT molecular complexity index is 676. The second kappa shape index (κ2) is 7.95. The highest BCUT2D eigenvalue weighted by atomic mass is 16.3. The molecule has 0 aliphatic rings. The van der Waals surface area contributed by atoms with Gasteiger partial charge in [0.05, 0.1) is 6.10 Å². The highest BCUT2D eigenvalue weighted by Gasteiger charge is 2.15. The minimum atomic E-state index is -0.671. The maximum Gasteiger partial charge on any atom is 0.267 e. The van der Waals surface area contributed by atoms with Gasteiger partial charge < -0.3 is 20.7 Å². The van der Waals surface area contributed by atoms with Crippen LogP contribution in [-0.4, -0.2) is 34.6 Å². The fraction of sp³-hybridized carbons (Fsp3) is 0.176. The highest BCUT2D eigenvalue weighted by molar-refractivity contribution is 6.05. The number of carbonyl (C=O) groups excluding carboxylic acids is 2. The molecule has 23 heavy (non-hydrogen) atoms. The van der Waals surface area contributed by atoms with E-state index < -0.39 is 12.0 Å². The van der Waals surface area contributed by atoms with E-state index in [2.05, 4.69) is 15.6 Å². The van der Waals surface area contributed by atoms with Gasteiger partial charge in [-0.1, -0.05) is 18.2 Å². The number of hydrogen-bond donors (Lipinski definition) is 4. The number of H-pyrrole nitrogens is 1. The Morgan fingerprint density at radius 1 is 1.22 bits per heavy atom. The zero-order valence-corrected chi connectivity index (χ0v) is 12.7. The predicted molar refractivity (Wildman–Crippen MR) is 87.4 cm³/mol. The third-order valence-corrected chi connectivity index (χ3v) is 3.01. The first-order valence-electron chi connectivity index (χ1n) is 7.24. The first kappa shape index (κ1) is 16.5. The Kier molecular flexibility index (Phi) is 5.71. The normalized spacial score (nSPS) is 12.5. The van der Waals surface area contributed by atoms with Crippen molar-refractivity contribution in [2.24, 2.45) is 0 Å². The van der Waals surface area contributed by atoms with Crippen LogP contribution in [0.4, 0.5) is 0 Å². The summed E-state index contributed by atoms with van der Waals surface area (Å²) in [5, 5.41) is 14.4.